The summed E-state index contributed by atoms with van der Waals surface area (Å²) in [5, 5.41) is 7.96. The van der Waals surface area contributed by atoms with E-state index in [0.29, 0.717) is 0 Å². The first kappa shape index (κ1) is 9.91. The number of rotatable bonds is 2. The van der Waals surface area contributed by atoms with E-state index in [-0.39, 0.29) is 17.7 Å². The number of hydrogen-bond donors (Lipinski definition) is 3. The molecule has 1 aromatic rings. The SMILES string of the molecule is Nc1n[nH]c(C(=O)NN2CCCCC2)n1. The largest absolute Gasteiger partial charge is 0.366 e. The molecule has 1 fully saturated rings. The Morgan fingerprint density at radius 3 is 2.73 bits per heavy atom. The van der Waals surface area contributed by atoms with Gasteiger partial charge in [-0.15, -0.1) is 5.10 Å². The van der Waals surface area contributed by atoms with E-state index >= 15 is 0 Å². The fraction of sp³-hybridized carbons (Fsp3) is 0.625. The number of amides is 1. The lowest BCUT2D eigenvalue weighted by Crippen LogP contribution is -2.45. The summed E-state index contributed by atoms with van der Waals surface area (Å²) >= 11 is 0. The van der Waals surface area contributed by atoms with E-state index in [4.69, 9.17) is 5.73 Å². The number of nitrogens with two attached hydrogens (primary N) is 1. The Balaban J connectivity index is 1.91. The summed E-state index contributed by atoms with van der Waals surface area (Å²) in [4.78, 5) is 15.3. The van der Waals surface area contributed by atoms with Crippen LogP contribution in [-0.4, -0.2) is 39.2 Å². The molecule has 7 nitrogen and oxygen atoms in total. The van der Waals surface area contributed by atoms with Crippen LogP contribution in [0.15, 0.2) is 0 Å². The molecule has 0 aliphatic carbocycles. The first-order valence-electron chi connectivity index (χ1n) is 4.99. The van der Waals surface area contributed by atoms with Gasteiger partial charge in [0.05, 0.1) is 0 Å². The van der Waals surface area contributed by atoms with Crippen molar-refractivity contribution >= 4 is 11.9 Å². The molecule has 0 radical (unpaired) electrons. The number of anilines is 1. The minimum Gasteiger partial charge on any atom is -0.366 e. The fourth-order valence-electron chi connectivity index (χ4n) is 1.58. The smallest absolute Gasteiger partial charge is 0.302 e. The first-order valence-corrected chi connectivity index (χ1v) is 4.99. The third-order valence-corrected chi connectivity index (χ3v) is 2.33. The lowest BCUT2D eigenvalue weighted by atomic mass is 10.2. The molecule has 2 heterocycles. The van der Waals surface area contributed by atoms with Crippen LogP contribution in [0, 0.1) is 0 Å². The second-order valence-electron chi connectivity index (χ2n) is 3.53. The van der Waals surface area contributed by atoms with Gasteiger partial charge in [0.25, 0.3) is 0 Å². The molecule has 2 rings (SSSR count). The van der Waals surface area contributed by atoms with Gasteiger partial charge in [0.15, 0.2) is 0 Å². The molecule has 0 spiro atoms. The maximum absolute atomic E-state index is 11.6. The van der Waals surface area contributed by atoms with Crippen LogP contribution in [-0.2, 0) is 0 Å². The summed E-state index contributed by atoms with van der Waals surface area (Å²) in [5.41, 5.74) is 8.06. The Morgan fingerprint density at radius 2 is 2.13 bits per heavy atom. The first-order chi connectivity index (χ1) is 7.25. The standard InChI is InChI=1S/C8H14N6O/c9-8-10-6(11-12-8)7(15)13-14-4-2-1-3-5-14/h1-5H2,(H,13,15)(H3,9,10,11,12). The van der Waals surface area contributed by atoms with Gasteiger partial charge in [0, 0.05) is 13.1 Å². The topological polar surface area (TPSA) is 99.9 Å². The van der Waals surface area contributed by atoms with Gasteiger partial charge in [0.1, 0.15) is 0 Å². The molecule has 0 bridgehead atoms. The quantitative estimate of drug-likeness (QED) is 0.612. The highest BCUT2D eigenvalue weighted by molar-refractivity contribution is 5.90. The van der Waals surface area contributed by atoms with Gasteiger partial charge in [0.2, 0.25) is 11.8 Å². The van der Waals surface area contributed by atoms with Crippen molar-refractivity contribution in [2.45, 2.75) is 19.3 Å². The van der Waals surface area contributed by atoms with Gasteiger partial charge in [-0.2, -0.15) is 4.98 Å². The van der Waals surface area contributed by atoms with E-state index < -0.39 is 0 Å². The van der Waals surface area contributed by atoms with Crippen molar-refractivity contribution in [1.29, 1.82) is 0 Å². The molecule has 1 aliphatic heterocycles. The molecule has 1 saturated heterocycles. The monoisotopic (exact) mass is 210 g/mol. The average molecular weight is 210 g/mol. The second-order valence-corrected chi connectivity index (χ2v) is 3.53. The molecule has 0 atom stereocenters. The van der Waals surface area contributed by atoms with E-state index in [1.165, 1.54) is 6.42 Å². The van der Waals surface area contributed by atoms with E-state index in [9.17, 15) is 4.79 Å². The Bertz CT molecular complexity index is 343. The summed E-state index contributed by atoms with van der Waals surface area (Å²) in [7, 11) is 0. The highest BCUT2D eigenvalue weighted by Crippen LogP contribution is 2.06. The number of nitrogen functional groups attached to an aromatic ring is 1. The van der Waals surface area contributed by atoms with Gasteiger partial charge in [-0.05, 0) is 12.8 Å². The predicted octanol–water partition coefficient (Wildman–Crippen LogP) is -0.482. The highest BCUT2D eigenvalue weighted by atomic mass is 16.2. The molecule has 4 N–H and O–H groups in total. The lowest BCUT2D eigenvalue weighted by Gasteiger charge is -2.26. The molecule has 1 amide bonds. The van der Waals surface area contributed by atoms with Crippen molar-refractivity contribution in [2.75, 3.05) is 18.8 Å². The molecular weight excluding hydrogens is 196 g/mol. The lowest BCUT2D eigenvalue weighted by molar-refractivity contribution is 0.0739. The van der Waals surface area contributed by atoms with Crippen LogP contribution in [0.25, 0.3) is 0 Å². The summed E-state index contributed by atoms with van der Waals surface area (Å²) in [6.45, 7) is 1.77. The number of carbonyl (C=O) groups excluding carboxylic acids is 1. The van der Waals surface area contributed by atoms with Gasteiger partial charge < -0.3 is 5.73 Å². The maximum atomic E-state index is 11.6. The Hall–Kier alpha value is -1.63. The maximum Gasteiger partial charge on any atom is 0.302 e. The molecule has 7 heteroatoms. The number of aromatic nitrogens is 3. The van der Waals surface area contributed by atoms with Gasteiger partial charge in [-0.25, -0.2) is 5.01 Å². The zero-order valence-corrected chi connectivity index (χ0v) is 8.36. The number of nitrogens with one attached hydrogen (secondary N) is 2. The van der Waals surface area contributed by atoms with Crippen LogP contribution < -0.4 is 11.2 Å². The van der Waals surface area contributed by atoms with Crippen molar-refractivity contribution in [1.82, 2.24) is 25.6 Å². The van der Waals surface area contributed by atoms with Crippen LogP contribution in [0.3, 0.4) is 0 Å². The molecule has 0 saturated carbocycles. The molecule has 0 unspecified atom stereocenters. The summed E-state index contributed by atoms with van der Waals surface area (Å²) in [6, 6.07) is 0. The Kier molecular flexibility index (Phi) is 2.82. The zero-order valence-electron chi connectivity index (χ0n) is 8.36. The fourth-order valence-corrected chi connectivity index (χ4v) is 1.58. The minimum atomic E-state index is -0.291. The molecule has 0 aromatic carbocycles. The average Bonchev–Trinajstić information content (AvgIpc) is 2.66. The molecule has 15 heavy (non-hydrogen) atoms. The van der Waals surface area contributed by atoms with Crippen molar-refractivity contribution < 1.29 is 4.79 Å². The molecular formula is C8H14N6O. The minimum absolute atomic E-state index is 0.0822. The Morgan fingerprint density at radius 1 is 1.40 bits per heavy atom. The van der Waals surface area contributed by atoms with E-state index in [1.54, 1.807) is 0 Å². The number of piperidine rings is 1. The third-order valence-electron chi connectivity index (χ3n) is 2.33. The number of hydrogen-bond acceptors (Lipinski definition) is 5. The van der Waals surface area contributed by atoms with Crippen LogP contribution in [0.4, 0.5) is 5.95 Å². The van der Waals surface area contributed by atoms with Crippen LogP contribution in [0.1, 0.15) is 29.9 Å². The highest BCUT2D eigenvalue weighted by Gasteiger charge is 2.16. The Labute approximate surface area is 87.0 Å². The van der Waals surface area contributed by atoms with Crippen LogP contribution in [0.2, 0.25) is 0 Å². The second kappa shape index (κ2) is 4.26. The van der Waals surface area contributed by atoms with E-state index in [2.05, 4.69) is 20.6 Å². The van der Waals surface area contributed by atoms with Crippen molar-refractivity contribution in [3.8, 4) is 0 Å². The molecule has 82 valence electrons. The summed E-state index contributed by atoms with van der Waals surface area (Å²) < 4.78 is 0. The normalized spacial score (nSPS) is 17.6. The molecule has 1 aromatic heterocycles. The number of H-pyrrole nitrogens is 1. The van der Waals surface area contributed by atoms with E-state index in [1.807, 2.05) is 5.01 Å². The molecule has 1 aliphatic rings. The van der Waals surface area contributed by atoms with Crippen LogP contribution in [0.5, 0.6) is 0 Å². The van der Waals surface area contributed by atoms with E-state index in [0.717, 1.165) is 25.9 Å². The number of hydrazine groups is 1. The van der Waals surface area contributed by atoms with Gasteiger partial charge >= 0.3 is 5.91 Å². The number of nitrogens with zero attached hydrogens (tertiary/aromatic N) is 3. The van der Waals surface area contributed by atoms with Gasteiger partial charge in [-0.3, -0.25) is 15.3 Å². The van der Waals surface area contributed by atoms with Gasteiger partial charge in [-0.1, -0.05) is 6.42 Å². The summed E-state index contributed by atoms with van der Waals surface area (Å²) in [5.74, 6) is -0.0574. The number of aromatic amines is 1. The van der Waals surface area contributed by atoms with Crippen molar-refractivity contribution in [3.63, 3.8) is 0 Å². The number of carbonyl (C=O) groups is 1. The zero-order chi connectivity index (χ0) is 10.7. The predicted molar refractivity (Wildman–Crippen MR) is 53.7 cm³/mol. The summed E-state index contributed by atoms with van der Waals surface area (Å²) in [6.07, 6.45) is 3.44. The van der Waals surface area contributed by atoms with Crippen LogP contribution >= 0.6 is 0 Å². The third kappa shape index (κ3) is 2.44. The van der Waals surface area contributed by atoms with Crippen molar-refractivity contribution in [3.05, 3.63) is 5.82 Å². The van der Waals surface area contributed by atoms with Crippen molar-refractivity contribution in [2.24, 2.45) is 0 Å².